The third-order valence-electron chi connectivity index (χ3n) is 3.36. The maximum Gasteiger partial charge on any atom is 0.417 e. The lowest BCUT2D eigenvalue weighted by molar-refractivity contribution is -0.380. The molecule has 1 amide bonds. The van der Waals surface area contributed by atoms with Gasteiger partial charge < -0.3 is 10.2 Å². The Morgan fingerprint density at radius 2 is 1.96 bits per heavy atom. The Morgan fingerprint density at radius 1 is 1.27 bits per heavy atom. The van der Waals surface area contributed by atoms with Crippen molar-refractivity contribution >= 4 is 22.2 Å². The Kier molecular flexibility index (Phi) is 4.24. The molecule has 0 saturated heterocycles. The lowest BCUT2D eigenvalue weighted by Gasteiger charge is -2.10. The Morgan fingerprint density at radius 3 is 2.54 bits per heavy atom. The third-order valence-corrected chi connectivity index (χ3v) is 4.34. The number of aromatic nitrogens is 1. The van der Waals surface area contributed by atoms with Gasteiger partial charge in [-0.25, -0.2) is 4.98 Å². The molecule has 0 fully saturated rings. The first kappa shape index (κ1) is 17.6. The molecule has 0 spiro atoms. The summed E-state index contributed by atoms with van der Waals surface area (Å²) in [6.45, 7) is 0. The van der Waals surface area contributed by atoms with E-state index in [1.807, 2.05) is 0 Å². The van der Waals surface area contributed by atoms with Gasteiger partial charge in [0.2, 0.25) is 5.76 Å². The molecule has 0 aliphatic heterocycles. The van der Waals surface area contributed by atoms with Crippen molar-refractivity contribution in [1.82, 2.24) is 4.98 Å². The SMILES string of the molecule is NC(=O)c1oc(-c2ccccc2C(F)(F)F)cc1-c1ncc([N+](=O)[O-])s1. The van der Waals surface area contributed by atoms with Gasteiger partial charge in [-0.3, -0.25) is 14.9 Å². The molecule has 134 valence electrons. The number of furan rings is 1. The summed E-state index contributed by atoms with van der Waals surface area (Å²) in [5.74, 6) is -1.71. The molecule has 0 saturated carbocycles. The third kappa shape index (κ3) is 3.16. The first-order chi connectivity index (χ1) is 12.2. The van der Waals surface area contributed by atoms with Crippen molar-refractivity contribution < 1.29 is 27.3 Å². The van der Waals surface area contributed by atoms with Crippen molar-refractivity contribution in [2.75, 3.05) is 0 Å². The van der Waals surface area contributed by atoms with Crippen molar-refractivity contribution in [3.05, 3.63) is 58.0 Å². The van der Waals surface area contributed by atoms with Crippen molar-refractivity contribution in [2.45, 2.75) is 6.18 Å². The number of carbonyl (C=O) groups is 1. The molecule has 0 atom stereocenters. The van der Waals surface area contributed by atoms with Gasteiger partial charge in [0.15, 0.2) is 0 Å². The fraction of sp³-hybridized carbons (Fsp3) is 0.0667. The van der Waals surface area contributed by atoms with Crippen molar-refractivity contribution in [3.63, 3.8) is 0 Å². The van der Waals surface area contributed by atoms with Gasteiger partial charge in [0.25, 0.3) is 5.91 Å². The van der Waals surface area contributed by atoms with E-state index in [0.29, 0.717) is 11.3 Å². The van der Waals surface area contributed by atoms with E-state index in [1.165, 1.54) is 18.2 Å². The van der Waals surface area contributed by atoms with Crippen LogP contribution in [0.1, 0.15) is 16.1 Å². The highest BCUT2D eigenvalue weighted by Crippen LogP contribution is 2.41. The molecule has 2 aromatic heterocycles. The van der Waals surface area contributed by atoms with E-state index in [2.05, 4.69) is 4.98 Å². The van der Waals surface area contributed by atoms with Crippen LogP contribution in [-0.2, 0) is 6.18 Å². The second kappa shape index (κ2) is 6.26. The molecule has 2 N–H and O–H groups in total. The molecule has 0 aliphatic rings. The van der Waals surface area contributed by atoms with E-state index >= 15 is 0 Å². The normalized spacial score (nSPS) is 11.5. The fourth-order valence-corrected chi connectivity index (χ4v) is 3.03. The number of rotatable bonds is 4. The van der Waals surface area contributed by atoms with Gasteiger partial charge in [0, 0.05) is 5.56 Å². The number of hydrogen-bond donors (Lipinski definition) is 1. The van der Waals surface area contributed by atoms with Crippen molar-refractivity contribution in [1.29, 1.82) is 0 Å². The number of amides is 1. The minimum Gasteiger partial charge on any atom is -0.450 e. The molecule has 3 aromatic rings. The van der Waals surface area contributed by atoms with E-state index in [0.717, 1.165) is 18.3 Å². The Labute approximate surface area is 147 Å². The van der Waals surface area contributed by atoms with Crippen LogP contribution in [0.5, 0.6) is 0 Å². The maximum atomic E-state index is 13.2. The summed E-state index contributed by atoms with van der Waals surface area (Å²) in [5, 5.41) is 10.5. The van der Waals surface area contributed by atoms with Gasteiger partial charge in [-0.05, 0) is 23.5 Å². The number of nitrogens with two attached hydrogens (primary N) is 1. The zero-order valence-corrected chi connectivity index (χ0v) is 13.4. The Hall–Kier alpha value is -3.21. The van der Waals surface area contributed by atoms with E-state index in [4.69, 9.17) is 10.2 Å². The van der Waals surface area contributed by atoms with Crippen LogP contribution in [0, 0.1) is 10.1 Å². The summed E-state index contributed by atoms with van der Waals surface area (Å²) < 4.78 is 44.8. The molecular weight excluding hydrogens is 375 g/mol. The van der Waals surface area contributed by atoms with Gasteiger partial charge in [-0.1, -0.05) is 18.2 Å². The minimum atomic E-state index is -4.64. The highest BCUT2D eigenvalue weighted by molar-refractivity contribution is 7.18. The largest absolute Gasteiger partial charge is 0.450 e. The molecule has 0 aliphatic carbocycles. The number of nitrogens with zero attached hydrogens (tertiary/aromatic N) is 2. The second-order valence-corrected chi connectivity index (χ2v) is 6.03. The number of thiazole rings is 1. The first-order valence-corrected chi connectivity index (χ1v) is 7.71. The van der Waals surface area contributed by atoms with Crippen LogP contribution in [0.25, 0.3) is 21.9 Å². The molecule has 7 nitrogen and oxygen atoms in total. The zero-order valence-electron chi connectivity index (χ0n) is 12.6. The summed E-state index contributed by atoms with van der Waals surface area (Å²) in [6.07, 6.45) is -3.67. The molecule has 2 heterocycles. The fourth-order valence-electron chi connectivity index (χ4n) is 2.29. The number of halogens is 3. The van der Waals surface area contributed by atoms with Crippen LogP contribution in [0.4, 0.5) is 18.2 Å². The molecule has 0 unspecified atom stereocenters. The summed E-state index contributed by atoms with van der Waals surface area (Å²) in [5.41, 5.74) is 3.96. The number of benzene rings is 1. The summed E-state index contributed by atoms with van der Waals surface area (Å²) >= 11 is 0.644. The number of alkyl halides is 3. The quantitative estimate of drug-likeness (QED) is 0.538. The van der Waals surface area contributed by atoms with E-state index in [1.54, 1.807) is 0 Å². The first-order valence-electron chi connectivity index (χ1n) is 6.89. The zero-order chi connectivity index (χ0) is 19.1. The molecule has 26 heavy (non-hydrogen) atoms. The lowest BCUT2D eigenvalue weighted by atomic mass is 10.0. The lowest BCUT2D eigenvalue weighted by Crippen LogP contribution is -2.10. The number of carbonyl (C=O) groups excluding carboxylic acids is 1. The average Bonchev–Trinajstić information content (AvgIpc) is 3.21. The standard InChI is InChI=1S/C15H8F3N3O4S/c16-15(17,18)9-4-2-1-3-7(9)10-5-8(12(25-10)13(19)22)14-20-6-11(26-14)21(23)24/h1-6H,(H2,19,22). The number of primary amides is 1. The Balaban J connectivity index is 2.18. The minimum absolute atomic E-state index is 0.0115. The number of hydrogen-bond acceptors (Lipinski definition) is 6. The molecule has 3 rings (SSSR count). The van der Waals surface area contributed by atoms with E-state index in [9.17, 15) is 28.1 Å². The molecule has 0 radical (unpaired) electrons. The molecule has 0 bridgehead atoms. The molecule has 1 aromatic carbocycles. The van der Waals surface area contributed by atoms with Gasteiger partial charge in [-0.15, -0.1) is 0 Å². The summed E-state index contributed by atoms with van der Waals surface area (Å²) in [7, 11) is 0. The van der Waals surface area contributed by atoms with Crippen LogP contribution in [0.15, 0.2) is 40.9 Å². The van der Waals surface area contributed by atoms with Crippen molar-refractivity contribution in [3.8, 4) is 21.9 Å². The van der Waals surface area contributed by atoms with E-state index < -0.39 is 28.3 Å². The van der Waals surface area contributed by atoms with Crippen LogP contribution < -0.4 is 5.73 Å². The molecule has 11 heteroatoms. The topological polar surface area (TPSA) is 112 Å². The monoisotopic (exact) mass is 383 g/mol. The van der Waals surface area contributed by atoms with Crippen LogP contribution in [0.3, 0.4) is 0 Å². The van der Waals surface area contributed by atoms with Gasteiger partial charge >= 0.3 is 11.2 Å². The van der Waals surface area contributed by atoms with Crippen molar-refractivity contribution in [2.24, 2.45) is 5.73 Å². The van der Waals surface area contributed by atoms with Crippen LogP contribution >= 0.6 is 11.3 Å². The average molecular weight is 383 g/mol. The highest BCUT2D eigenvalue weighted by Gasteiger charge is 2.35. The van der Waals surface area contributed by atoms with E-state index in [-0.39, 0.29) is 26.9 Å². The summed E-state index contributed by atoms with van der Waals surface area (Å²) in [6, 6.07) is 5.81. The second-order valence-electron chi connectivity index (χ2n) is 5.02. The van der Waals surface area contributed by atoms with Gasteiger partial charge in [0.1, 0.15) is 17.0 Å². The highest BCUT2D eigenvalue weighted by atomic mass is 32.1. The smallest absolute Gasteiger partial charge is 0.417 e. The summed E-state index contributed by atoms with van der Waals surface area (Å²) in [4.78, 5) is 25.5. The maximum absolute atomic E-state index is 13.2. The predicted octanol–water partition coefficient (Wildman–Crippen LogP) is 4.10. The predicted molar refractivity (Wildman–Crippen MR) is 85.4 cm³/mol. The van der Waals surface area contributed by atoms with Crippen LogP contribution in [0.2, 0.25) is 0 Å². The molecular formula is C15H8F3N3O4S. The Bertz CT molecular complexity index is 1010. The van der Waals surface area contributed by atoms with Crippen LogP contribution in [-0.4, -0.2) is 15.8 Å². The van der Waals surface area contributed by atoms with Gasteiger partial charge in [-0.2, -0.15) is 13.2 Å². The van der Waals surface area contributed by atoms with Gasteiger partial charge in [0.05, 0.1) is 16.1 Å². The number of nitro groups is 1.